The zero-order valence-corrected chi connectivity index (χ0v) is 16.7. The Kier molecular flexibility index (Phi) is 3.81. The van der Waals surface area contributed by atoms with Gasteiger partial charge in [0.2, 0.25) is 0 Å². The van der Waals surface area contributed by atoms with Crippen LogP contribution in [0.1, 0.15) is 0 Å². The molecule has 0 saturated carbocycles. The third kappa shape index (κ3) is 2.58. The van der Waals surface area contributed by atoms with Crippen molar-refractivity contribution in [2.75, 3.05) is 3.71 Å². The van der Waals surface area contributed by atoms with Crippen molar-refractivity contribution in [3.8, 4) is 11.1 Å². The van der Waals surface area contributed by atoms with E-state index in [1.807, 2.05) is 18.2 Å². The van der Waals surface area contributed by atoms with E-state index in [1.54, 1.807) is 48.5 Å². The number of hydrogen-bond donors (Lipinski definition) is 0. The summed E-state index contributed by atoms with van der Waals surface area (Å²) >= 11 is 0. The average Bonchev–Trinajstić information content (AvgIpc) is 2.73. The topological polar surface area (TPSA) is 71.5 Å². The third-order valence-electron chi connectivity index (χ3n) is 5.01. The Morgan fingerprint density at radius 1 is 0.655 bits per heavy atom. The van der Waals surface area contributed by atoms with Gasteiger partial charge in [-0.25, -0.2) is 8.42 Å². The molecule has 5 nitrogen and oxygen atoms in total. The maximum absolute atomic E-state index is 13.6. The first-order chi connectivity index (χ1) is 13.9. The predicted octanol–water partition coefficient (Wildman–Crippen LogP) is 4.40. The summed E-state index contributed by atoms with van der Waals surface area (Å²) < 4.78 is 54.5. The SMILES string of the molecule is O=S(=O)(c1ccc2ccccc2c1)N1c2ccccc2-c2ccccc2S1(=O)=O. The fraction of sp³-hybridized carbons (Fsp3) is 0. The number of rotatable bonds is 2. The van der Waals surface area contributed by atoms with E-state index in [0.29, 0.717) is 14.8 Å². The van der Waals surface area contributed by atoms with Gasteiger partial charge in [-0.15, -0.1) is 0 Å². The molecule has 0 fully saturated rings. The van der Waals surface area contributed by atoms with Gasteiger partial charge in [0, 0.05) is 11.1 Å². The highest BCUT2D eigenvalue weighted by atomic mass is 32.3. The van der Waals surface area contributed by atoms with E-state index in [2.05, 4.69) is 0 Å². The van der Waals surface area contributed by atoms with Crippen molar-refractivity contribution >= 4 is 36.5 Å². The van der Waals surface area contributed by atoms with Crippen LogP contribution in [0.4, 0.5) is 5.69 Å². The molecule has 0 unspecified atom stereocenters. The van der Waals surface area contributed by atoms with Crippen LogP contribution < -0.4 is 3.71 Å². The molecule has 1 aliphatic heterocycles. The van der Waals surface area contributed by atoms with Gasteiger partial charge in [0.15, 0.2) is 0 Å². The molecular weight excluding hydrogens is 406 g/mol. The summed E-state index contributed by atoms with van der Waals surface area (Å²) in [7, 11) is -8.68. The van der Waals surface area contributed by atoms with Crippen molar-refractivity contribution in [1.82, 2.24) is 0 Å². The van der Waals surface area contributed by atoms with Crippen LogP contribution in [0.2, 0.25) is 0 Å². The largest absolute Gasteiger partial charge is 0.278 e. The van der Waals surface area contributed by atoms with E-state index in [1.165, 1.54) is 24.3 Å². The van der Waals surface area contributed by atoms with Crippen molar-refractivity contribution in [2.24, 2.45) is 0 Å². The Bertz CT molecular complexity index is 1490. The smallest absolute Gasteiger partial charge is 0.200 e. The molecule has 0 atom stereocenters. The first-order valence-electron chi connectivity index (χ1n) is 8.88. The molecule has 0 N–H and O–H groups in total. The molecule has 0 aromatic heterocycles. The number of fused-ring (bicyclic) bond motifs is 4. The quantitative estimate of drug-likeness (QED) is 0.481. The molecule has 7 heteroatoms. The predicted molar refractivity (Wildman–Crippen MR) is 113 cm³/mol. The highest BCUT2D eigenvalue weighted by Crippen LogP contribution is 2.45. The normalized spacial score (nSPS) is 15.0. The standard InChI is InChI=1S/C22H15NO4S2/c24-28(25,18-14-13-16-7-1-2-8-17(16)15-18)23-21-11-5-3-9-19(21)20-10-4-6-12-22(20)29(23,26)27/h1-15H. The van der Waals surface area contributed by atoms with E-state index in [-0.39, 0.29) is 15.5 Å². The number of anilines is 1. The molecule has 0 radical (unpaired) electrons. The molecule has 0 amide bonds. The van der Waals surface area contributed by atoms with Gasteiger partial charge >= 0.3 is 0 Å². The van der Waals surface area contributed by atoms with Crippen LogP contribution in [0.5, 0.6) is 0 Å². The summed E-state index contributed by atoms with van der Waals surface area (Å²) in [5, 5.41) is 1.59. The molecule has 0 bridgehead atoms. The van der Waals surface area contributed by atoms with Crippen LogP contribution in [0, 0.1) is 0 Å². The third-order valence-corrected chi connectivity index (χ3v) is 9.22. The lowest BCUT2D eigenvalue weighted by Gasteiger charge is -2.31. The number of sulfonamides is 2. The zero-order valence-electron chi connectivity index (χ0n) is 15.1. The number of hydrogen-bond acceptors (Lipinski definition) is 4. The van der Waals surface area contributed by atoms with E-state index >= 15 is 0 Å². The molecule has 0 saturated heterocycles. The molecule has 1 heterocycles. The second-order valence-corrected chi connectivity index (χ2v) is 10.5. The van der Waals surface area contributed by atoms with Crippen LogP contribution in [0.3, 0.4) is 0 Å². The van der Waals surface area contributed by atoms with Gasteiger partial charge in [0.25, 0.3) is 20.0 Å². The number of benzene rings is 4. The average molecular weight is 421 g/mol. The maximum atomic E-state index is 13.6. The molecule has 0 spiro atoms. The highest BCUT2D eigenvalue weighted by Gasteiger charge is 2.42. The zero-order chi connectivity index (χ0) is 20.2. The molecule has 4 aromatic carbocycles. The van der Waals surface area contributed by atoms with E-state index in [4.69, 9.17) is 0 Å². The summed E-state index contributed by atoms with van der Waals surface area (Å²) in [5.74, 6) is 0. The van der Waals surface area contributed by atoms with Gasteiger partial charge in [0.1, 0.15) is 0 Å². The minimum atomic E-state index is -4.37. The van der Waals surface area contributed by atoms with Gasteiger partial charge in [-0.1, -0.05) is 66.7 Å². The van der Waals surface area contributed by atoms with Gasteiger partial charge in [-0.05, 0) is 35.0 Å². The molecule has 1 aliphatic rings. The van der Waals surface area contributed by atoms with Crippen LogP contribution in [0.15, 0.2) is 101 Å². The van der Waals surface area contributed by atoms with Crippen molar-refractivity contribution in [2.45, 2.75) is 9.79 Å². The lowest BCUT2D eigenvalue weighted by molar-refractivity contribution is 0.584. The number of para-hydroxylation sites is 1. The lowest BCUT2D eigenvalue weighted by Crippen LogP contribution is -2.39. The van der Waals surface area contributed by atoms with Gasteiger partial charge in [-0.2, -0.15) is 12.1 Å². The summed E-state index contributed by atoms with van der Waals surface area (Å²) in [4.78, 5) is -0.1000. The maximum Gasteiger partial charge on any atom is 0.278 e. The summed E-state index contributed by atoms with van der Waals surface area (Å²) in [5.41, 5.74) is 1.18. The lowest BCUT2D eigenvalue weighted by atomic mass is 10.0. The fourth-order valence-electron chi connectivity index (χ4n) is 3.68. The van der Waals surface area contributed by atoms with Crippen LogP contribution in [-0.4, -0.2) is 16.8 Å². The molecule has 4 aromatic rings. The van der Waals surface area contributed by atoms with Gasteiger partial charge in [-0.3, -0.25) is 0 Å². The second kappa shape index (κ2) is 6.17. The van der Waals surface area contributed by atoms with Crippen molar-refractivity contribution in [3.63, 3.8) is 0 Å². The second-order valence-electron chi connectivity index (χ2n) is 6.73. The first kappa shape index (κ1) is 17.9. The minimum absolute atomic E-state index is 0.0249. The van der Waals surface area contributed by atoms with Crippen molar-refractivity contribution < 1.29 is 16.8 Å². The minimum Gasteiger partial charge on any atom is -0.200 e. The molecule has 29 heavy (non-hydrogen) atoms. The Hall–Kier alpha value is -3.16. The van der Waals surface area contributed by atoms with E-state index < -0.39 is 20.0 Å². The monoisotopic (exact) mass is 421 g/mol. The highest BCUT2D eigenvalue weighted by molar-refractivity contribution is 8.10. The van der Waals surface area contributed by atoms with Crippen molar-refractivity contribution in [3.05, 3.63) is 91.0 Å². The van der Waals surface area contributed by atoms with Crippen LogP contribution in [-0.2, 0) is 20.0 Å². The molecule has 5 rings (SSSR count). The van der Waals surface area contributed by atoms with Crippen LogP contribution >= 0.6 is 0 Å². The van der Waals surface area contributed by atoms with E-state index in [9.17, 15) is 16.8 Å². The molecular formula is C22H15NO4S2. The van der Waals surface area contributed by atoms with E-state index in [0.717, 1.165) is 10.8 Å². The molecule has 0 aliphatic carbocycles. The van der Waals surface area contributed by atoms with Crippen molar-refractivity contribution in [1.29, 1.82) is 0 Å². The Morgan fingerprint density at radius 2 is 1.28 bits per heavy atom. The Balaban J connectivity index is 1.80. The summed E-state index contributed by atoms with van der Waals surface area (Å²) in [6.07, 6.45) is 0. The summed E-state index contributed by atoms with van der Waals surface area (Å²) in [6, 6.07) is 25.0. The fourth-order valence-corrected chi connectivity index (χ4v) is 7.64. The van der Waals surface area contributed by atoms with Crippen LogP contribution in [0.25, 0.3) is 21.9 Å². The van der Waals surface area contributed by atoms with Gasteiger partial charge in [0.05, 0.1) is 15.5 Å². The first-order valence-corrected chi connectivity index (χ1v) is 11.8. The Morgan fingerprint density at radius 3 is 2.07 bits per heavy atom. The van der Waals surface area contributed by atoms with Gasteiger partial charge < -0.3 is 0 Å². The Labute approximate surface area is 169 Å². The molecule has 144 valence electrons. The summed E-state index contributed by atoms with van der Waals surface area (Å²) in [6.45, 7) is 0. The number of nitrogens with zero attached hydrogens (tertiary/aromatic N) is 1.